The molecule has 0 unspecified atom stereocenters. The molecule has 2 aliphatic heterocycles. The molecule has 5 rings (SSSR count). The van der Waals surface area contributed by atoms with Crippen LogP contribution in [0.5, 0.6) is 0 Å². The van der Waals surface area contributed by atoms with Gasteiger partial charge in [-0.3, -0.25) is 9.98 Å². The average molecular weight is 367 g/mol. The predicted octanol–water partition coefficient (Wildman–Crippen LogP) is 3.26. The van der Waals surface area contributed by atoms with E-state index in [-0.39, 0.29) is 12.1 Å². The van der Waals surface area contributed by atoms with Crippen LogP contribution in [-0.4, -0.2) is 29.7 Å². The summed E-state index contributed by atoms with van der Waals surface area (Å²) in [5.74, 6) is 1.68. The molecule has 0 saturated heterocycles. The third-order valence-electron chi connectivity index (χ3n) is 5.12. The number of benzene rings is 2. The molecule has 0 amide bonds. The molecule has 28 heavy (non-hydrogen) atoms. The molecule has 5 heteroatoms. The Balaban J connectivity index is 1.31. The van der Waals surface area contributed by atoms with Crippen LogP contribution >= 0.6 is 0 Å². The van der Waals surface area contributed by atoms with Crippen molar-refractivity contribution in [2.75, 3.05) is 13.1 Å². The lowest BCUT2D eigenvalue weighted by molar-refractivity contribution is 0.708. The minimum absolute atomic E-state index is 0.200. The third-order valence-corrected chi connectivity index (χ3v) is 5.12. The van der Waals surface area contributed by atoms with Crippen molar-refractivity contribution in [2.24, 2.45) is 9.98 Å². The van der Waals surface area contributed by atoms with E-state index in [0.717, 1.165) is 36.1 Å². The number of aliphatic imine (C=N–C) groups is 2. The molecule has 0 bridgehead atoms. The van der Waals surface area contributed by atoms with Crippen molar-refractivity contribution in [3.8, 4) is 0 Å². The van der Waals surface area contributed by atoms with Crippen LogP contribution < -0.4 is 10.6 Å². The minimum Gasteiger partial charge on any atom is -0.360 e. The minimum atomic E-state index is 0.200. The summed E-state index contributed by atoms with van der Waals surface area (Å²) in [5, 5.41) is 7.01. The van der Waals surface area contributed by atoms with Gasteiger partial charge in [-0.25, -0.2) is 4.98 Å². The molecule has 0 radical (unpaired) electrons. The maximum absolute atomic E-state index is 4.81. The summed E-state index contributed by atoms with van der Waals surface area (Å²) in [5.41, 5.74) is 4.18. The predicted molar refractivity (Wildman–Crippen MR) is 112 cm³/mol. The van der Waals surface area contributed by atoms with Gasteiger partial charge < -0.3 is 10.6 Å². The lowest BCUT2D eigenvalue weighted by atomic mass is 10.1. The van der Waals surface area contributed by atoms with Gasteiger partial charge in [-0.1, -0.05) is 66.7 Å². The van der Waals surface area contributed by atoms with Crippen LogP contribution in [0.25, 0.3) is 0 Å². The number of hydrogen-bond acceptors (Lipinski definition) is 5. The zero-order valence-corrected chi connectivity index (χ0v) is 15.4. The number of hydrogen-bond donors (Lipinski definition) is 2. The van der Waals surface area contributed by atoms with E-state index in [2.05, 4.69) is 69.1 Å². The van der Waals surface area contributed by atoms with E-state index in [9.17, 15) is 0 Å². The molecule has 1 aromatic heterocycles. The highest BCUT2D eigenvalue weighted by Gasteiger charge is 2.23. The second-order valence-electron chi connectivity index (χ2n) is 7.00. The molecule has 0 fully saturated rings. The van der Waals surface area contributed by atoms with Gasteiger partial charge in [0.1, 0.15) is 23.1 Å². The van der Waals surface area contributed by atoms with Crippen LogP contribution in [0.4, 0.5) is 0 Å². The Hall–Kier alpha value is -3.47. The van der Waals surface area contributed by atoms with E-state index in [0.29, 0.717) is 0 Å². The first kappa shape index (κ1) is 16.7. The average Bonchev–Trinajstić information content (AvgIpc) is 3.46. The van der Waals surface area contributed by atoms with Gasteiger partial charge in [-0.15, -0.1) is 0 Å². The molecular formula is C23H21N5. The topological polar surface area (TPSA) is 61.7 Å². The number of nitrogens with one attached hydrogen (secondary N) is 2. The van der Waals surface area contributed by atoms with Gasteiger partial charge in [0.25, 0.3) is 0 Å². The van der Waals surface area contributed by atoms with Gasteiger partial charge in [-0.2, -0.15) is 0 Å². The Morgan fingerprint density at radius 3 is 1.50 bits per heavy atom. The molecule has 3 heterocycles. The Morgan fingerprint density at radius 2 is 1.04 bits per heavy atom. The van der Waals surface area contributed by atoms with Crippen molar-refractivity contribution in [1.82, 2.24) is 15.6 Å². The summed E-state index contributed by atoms with van der Waals surface area (Å²) in [6.07, 6.45) is 0. The summed E-state index contributed by atoms with van der Waals surface area (Å²) < 4.78 is 0. The van der Waals surface area contributed by atoms with Crippen LogP contribution in [0, 0.1) is 0 Å². The molecule has 5 nitrogen and oxygen atoms in total. The first-order valence-corrected chi connectivity index (χ1v) is 9.56. The van der Waals surface area contributed by atoms with Gasteiger partial charge in [0.2, 0.25) is 0 Å². The van der Waals surface area contributed by atoms with Crippen molar-refractivity contribution >= 4 is 11.7 Å². The summed E-state index contributed by atoms with van der Waals surface area (Å²) in [6.45, 7) is 1.45. The highest BCUT2D eigenvalue weighted by atomic mass is 15.1. The normalized spacial score (nSPS) is 20.9. The van der Waals surface area contributed by atoms with Gasteiger partial charge >= 0.3 is 0 Å². The molecule has 2 aliphatic rings. The van der Waals surface area contributed by atoms with E-state index in [4.69, 9.17) is 4.98 Å². The zero-order chi connectivity index (χ0) is 18.8. The lowest BCUT2D eigenvalue weighted by Gasteiger charge is -2.13. The molecule has 138 valence electrons. The number of rotatable bonds is 4. The number of nitrogens with zero attached hydrogens (tertiary/aromatic N) is 3. The maximum atomic E-state index is 4.81. The van der Waals surface area contributed by atoms with Crippen molar-refractivity contribution in [2.45, 2.75) is 12.1 Å². The molecular weight excluding hydrogens is 346 g/mol. The number of pyridine rings is 1. The SMILES string of the molecule is c1ccc([C@@H]2CN=C(c3cccc(C4=NC[C@@H](c5ccccc5)N4)n3)N2)cc1. The van der Waals surface area contributed by atoms with Gasteiger partial charge in [-0.05, 0) is 23.3 Å². The maximum Gasteiger partial charge on any atom is 0.147 e. The first-order chi connectivity index (χ1) is 13.9. The molecule has 0 aliphatic carbocycles. The molecule has 3 aromatic rings. The van der Waals surface area contributed by atoms with E-state index in [1.54, 1.807) is 0 Å². The molecule has 2 atom stereocenters. The fraction of sp³-hybridized carbons (Fsp3) is 0.174. The monoisotopic (exact) mass is 367 g/mol. The van der Waals surface area contributed by atoms with Crippen LogP contribution in [0.3, 0.4) is 0 Å². The van der Waals surface area contributed by atoms with Crippen LogP contribution in [0.2, 0.25) is 0 Å². The number of amidine groups is 2. The second-order valence-corrected chi connectivity index (χ2v) is 7.00. The Bertz CT molecular complexity index is 946. The fourth-order valence-electron chi connectivity index (χ4n) is 3.63. The molecule has 0 spiro atoms. The Morgan fingerprint density at radius 1 is 0.571 bits per heavy atom. The smallest absolute Gasteiger partial charge is 0.147 e. The summed E-state index contributed by atoms with van der Waals surface area (Å²) in [7, 11) is 0. The lowest BCUT2D eigenvalue weighted by Crippen LogP contribution is -2.27. The van der Waals surface area contributed by atoms with Crippen molar-refractivity contribution in [1.29, 1.82) is 0 Å². The van der Waals surface area contributed by atoms with Crippen molar-refractivity contribution in [3.05, 3.63) is 101 Å². The van der Waals surface area contributed by atoms with Gasteiger partial charge in [0.05, 0.1) is 25.2 Å². The van der Waals surface area contributed by atoms with E-state index < -0.39 is 0 Å². The molecule has 2 N–H and O–H groups in total. The largest absolute Gasteiger partial charge is 0.360 e. The third kappa shape index (κ3) is 3.27. The van der Waals surface area contributed by atoms with Crippen LogP contribution in [-0.2, 0) is 0 Å². The van der Waals surface area contributed by atoms with E-state index in [1.807, 2.05) is 30.3 Å². The van der Waals surface area contributed by atoms with E-state index in [1.165, 1.54) is 11.1 Å². The Labute approximate surface area is 164 Å². The standard InChI is InChI=1S/C23H21N5/c1-3-8-16(9-4-1)20-14-24-22(27-20)18-12-7-13-19(26-18)23-25-15-21(28-23)17-10-5-2-6-11-17/h1-13,20-21H,14-15H2,(H,24,27)(H,25,28)/t20-,21-/m0/s1. The quantitative estimate of drug-likeness (QED) is 0.744. The highest BCUT2D eigenvalue weighted by molar-refractivity contribution is 6.02. The molecule has 0 saturated carbocycles. The summed E-state index contributed by atoms with van der Waals surface area (Å²) in [4.78, 5) is 14.2. The Kier molecular flexibility index (Phi) is 4.33. The van der Waals surface area contributed by atoms with Crippen LogP contribution in [0.15, 0.2) is 88.8 Å². The summed E-state index contributed by atoms with van der Waals surface area (Å²) in [6, 6.07) is 27.2. The van der Waals surface area contributed by atoms with Crippen LogP contribution in [0.1, 0.15) is 34.6 Å². The zero-order valence-electron chi connectivity index (χ0n) is 15.4. The van der Waals surface area contributed by atoms with Crippen molar-refractivity contribution in [3.63, 3.8) is 0 Å². The first-order valence-electron chi connectivity index (χ1n) is 9.56. The second kappa shape index (κ2) is 7.27. The van der Waals surface area contributed by atoms with Gasteiger partial charge in [0.15, 0.2) is 0 Å². The molecule has 2 aromatic carbocycles. The highest BCUT2D eigenvalue weighted by Crippen LogP contribution is 2.20. The van der Waals surface area contributed by atoms with E-state index >= 15 is 0 Å². The number of aromatic nitrogens is 1. The fourth-order valence-corrected chi connectivity index (χ4v) is 3.63. The van der Waals surface area contributed by atoms with Gasteiger partial charge in [0, 0.05) is 0 Å². The van der Waals surface area contributed by atoms with Crippen molar-refractivity contribution < 1.29 is 0 Å². The summed E-state index contributed by atoms with van der Waals surface area (Å²) >= 11 is 0.